The quantitative estimate of drug-likeness (QED) is 0.856. The molecule has 2 aromatic rings. The summed E-state index contributed by atoms with van der Waals surface area (Å²) in [7, 11) is 0. The fraction of sp³-hybridized carbons (Fsp3) is 0.333. The summed E-state index contributed by atoms with van der Waals surface area (Å²) in [6.07, 6.45) is 4.51. The van der Waals surface area contributed by atoms with Crippen LogP contribution in [0.1, 0.15) is 12.0 Å². The first kappa shape index (κ1) is 11.4. The van der Waals surface area contributed by atoms with Crippen molar-refractivity contribution in [2.75, 3.05) is 5.73 Å². The Morgan fingerprint density at radius 2 is 2.12 bits per heavy atom. The van der Waals surface area contributed by atoms with Gasteiger partial charge >= 0.3 is 0 Å². The highest BCUT2D eigenvalue weighted by molar-refractivity contribution is 5.23. The fourth-order valence-corrected chi connectivity index (χ4v) is 1.74. The number of nitrogens with zero attached hydrogens (tertiary/aromatic N) is 3. The summed E-state index contributed by atoms with van der Waals surface area (Å²) in [5.41, 5.74) is 6.37. The standard InChI is InChI=1S/C12H16N4O/c1-10-4-2-6-15(12(10)17)7-3-8-16-9-5-11(13)14-16/h2,4-6,9H,3,7-8H2,1H3,(H2,13,14). The van der Waals surface area contributed by atoms with Crippen LogP contribution in [-0.4, -0.2) is 14.3 Å². The normalized spacial score (nSPS) is 10.6. The summed E-state index contributed by atoms with van der Waals surface area (Å²) in [5.74, 6) is 0.526. The molecule has 2 heterocycles. The van der Waals surface area contributed by atoms with E-state index in [2.05, 4.69) is 5.10 Å². The Hall–Kier alpha value is -2.04. The maximum absolute atomic E-state index is 11.7. The van der Waals surface area contributed by atoms with Crippen LogP contribution in [0, 0.1) is 6.92 Å². The summed E-state index contributed by atoms with van der Waals surface area (Å²) < 4.78 is 3.51. The molecule has 17 heavy (non-hydrogen) atoms. The van der Waals surface area contributed by atoms with Gasteiger partial charge in [-0.25, -0.2) is 0 Å². The van der Waals surface area contributed by atoms with Gasteiger partial charge in [0.25, 0.3) is 5.56 Å². The van der Waals surface area contributed by atoms with Crippen molar-refractivity contribution in [3.8, 4) is 0 Å². The van der Waals surface area contributed by atoms with Gasteiger partial charge in [-0.3, -0.25) is 9.48 Å². The van der Waals surface area contributed by atoms with E-state index in [1.54, 1.807) is 15.3 Å². The summed E-state index contributed by atoms with van der Waals surface area (Å²) >= 11 is 0. The molecule has 90 valence electrons. The molecule has 0 bridgehead atoms. The van der Waals surface area contributed by atoms with Crippen molar-refractivity contribution in [2.45, 2.75) is 26.4 Å². The Bertz CT molecular complexity index is 556. The van der Waals surface area contributed by atoms with E-state index in [-0.39, 0.29) is 5.56 Å². The number of hydrogen-bond donors (Lipinski definition) is 1. The lowest BCUT2D eigenvalue weighted by atomic mass is 10.3. The second-order valence-corrected chi connectivity index (χ2v) is 4.05. The molecule has 0 amide bonds. The molecule has 0 fully saturated rings. The molecule has 0 aliphatic rings. The first-order chi connectivity index (χ1) is 8.16. The van der Waals surface area contributed by atoms with Gasteiger partial charge in [-0.15, -0.1) is 0 Å². The summed E-state index contributed by atoms with van der Waals surface area (Å²) in [6, 6.07) is 5.48. The van der Waals surface area contributed by atoms with Gasteiger partial charge in [0.1, 0.15) is 5.82 Å². The monoisotopic (exact) mass is 232 g/mol. The third-order valence-electron chi connectivity index (χ3n) is 2.66. The molecule has 5 heteroatoms. The third kappa shape index (κ3) is 2.75. The lowest BCUT2D eigenvalue weighted by molar-refractivity contribution is 0.520. The number of hydrogen-bond acceptors (Lipinski definition) is 3. The largest absolute Gasteiger partial charge is 0.382 e. The summed E-state index contributed by atoms with van der Waals surface area (Å²) in [5, 5.41) is 4.09. The highest BCUT2D eigenvalue weighted by Gasteiger charge is 1.99. The predicted molar refractivity (Wildman–Crippen MR) is 66.7 cm³/mol. The zero-order valence-electron chi connectivity index (χ0n) is 9.84. The number of nitrogen functional groups attached to an aromatic ring is 1. The Labute approximate surface area is 99.5 Å². The van der Waals surface area contributed by atoms with Crippen molar-refractivity contribution in [1.82, 2.24) is 14.3 Å². The van der Waals surface area contributed by atoms with Crippen LogP contribution in [0.3, 0.4) is 0 Å². The minimum absolute atomic E-state index is 0.0764. The van der Waals surface area contributed by atoms with E-state index in [4.69, 9.17) is 5.73 Å². The molecule has 0 aromatic carbocycles. The molecule has 0 unspecified atom stereocenters. The Balaban J connectivity index is 1.94. The van der Waals surface area contributed by atoms with E-state index in [0.29, 0.717) is 12.4 Å². The van der Waals surface area contributed by atoms with E-state index in [9.17, 15) is 4.79 Å². The molecular weight excluding hydrogens is 216 g/mol. The molecule has 0 radical (unpaired) electrons. The van der Waals surface area contributed by atoms with Gasteiger partial charge in [0.05, 0.1) is 0 Å². The molecule has 0 atom stereocenters. The minimum atomic E-state index is 0.0764. The molecule has 2 N–H and O–H groups in total. The molecule has 2 aromatic heterocycles. The van der Waals surface area contributed by atoms with Crippen molar-refractivity contribution in [3.63, 3.8) is 0 Å². The molecule has 0 aliphatic heterocycles. The van der Waals surface area contributed by atoms with E-state index >= 15 is 0 Å². The molecule has 0 aliphatic carbocycles. The highest BCUT2D eigenvalue weighted by atomic mass is 16.1. The van der Waals surface area contributed by atoms with E-state index in [1.807, 2.05) is 31.5 Å². The Morgan fingerprint density at radius 3 is 2.82 bits per heavy atom. The van der Waals surface area contributed by atoms with Crippen molar-refractivity contribution in [3.05, 3.63) is 46.5 Å². The SMILES string of the molecule is Cc1cccn(CCCn2ccc(N)n2)c1=O. The van der Waals surface area contributed by atoms with Crippen LogP contribution in [0.15, 0.2) is 35.4 Å². The molecule has 0 saturated heterocycles. The number of anilines is 1. The highest BCUT2D eigenvalue weighted by Crippen LogP contribution is 1.98. The Morgan fingerprint density at radius 1 is 1.29 bits per heavy atom. The van der Waals surface area contributed by atoms with Gasteiger partial charge in [-0.2, -0.15) is 5.10 Å². The van der Waals surface area contributed by atoms with Gasteiger partial charge in [-0.1, -0.05) is 6.07 Å². The third-order valence-corrected chi connectivity index (χ3v) is 2.66. The van der Waals surface area contributed by atoms with Crippen LogP contribution in [0.2, 0.25) is 0 Å². The maximum Gasteiger partial charge on any atom is 0.253 e. The van der Waals surface area contributed by atoms with Gasteiger partial charge in [0.15, 0.2) is 0 Å². The number of aryl methyl sites for hydroxylation is 3. The van der Waals surface area contributed by atoms with Crippen LogP contribution >= 0.6 is 0 Å². The Kier molecular flexibility index (Phi) is 3.27. The van der Waals surface area contributed by atoms with Gasteiger partial charge < -0.3 is 10.3 Å². The van der Waals surface area contributed by atoms with E-state index in [0.717, 1.165) is 18.5 Å². The first-order valence-electron chi connectivity index (χ1n) is 5.62. The first-order valence-corrected chi connectivity index (χ1v) is 5.62. The zero-order chi connectivity index (χ0) is 12.3. The molecule has 0 saturated carbocycles. The predicted octanol–water partition coefficient (Wildman–Crippen LogP) is 1.03. The van der Waals surface area contributed by atoms with Gasteiger partial charge in [0, 0.05) is 31.0 Å². The topological polar surface area (TPSA) is 65.8 Å². The average molecular weight is 232 g/mol. The van der Waals surface area contributed by atoms with E-state index < -0.39 is 0 Å². The number of aromatic nitrogens is 3. The average Bonchev–Trinajstić information content (AvgIpc) is 2.70. The van der Waals surface area contributed by atoms with E-state index in [1.165, 1.54) is 0 Å². The smallest absolute Gasteiger partial charge is 0.253 e. The number of pyridine rings is 1. The van der Waals surface area contributed by atoms with Crippen molar-refractivity contribution in [1.29, 1.82) is 0 Å². The molecular formula is C12H16N4O. The van der Waals surface area contributed by atoms with Gasteiger partial charge in [-0.05, 0) is 25.5 Å². The maximum atomic E-state index is 11.7. The fourth-order valence-electron chi connectivity index (χ4n) is 1.74. The van der Waals surface area contributed by atoms with Crippen LogP contribution in [0.5, 0.6) is 0 Å². The van der Waals surface area contributed by atoms with Crippen LogP contribution in [0.4, 0.5) is 5.82 Å². The minimum Gasteiger partial charge on any atom is -0.382 e. The van der Waals surface area contributed by atoms with Gasteiger partial charge in [0.2, 0.25) is 0 Å². The van der Waals surface area contributed by atoms with Crippen LogP contribution in [-0.2, 0) is 13.1 Å². The lowest BCUT2D eigenvalue weighted by Crippen LogP contribution is -2.21. The van der Waals surface area contributed by atoms with Crippen LogP contribution < -0.4 is 11.3 Å². The molecule has 0 spiro atoms. The van der Waals surface area contributed by atoms with Crippen LogP contribution in [0.25, 0.3) is 0 Å². The van der Waals surface area contributed by atoms with Crippen molar-refractivity contribution in [2.24, 2.45) is 0 Å². The summed E-state index contributed by atoms with van der Waals surface area (Å²) in [6.45, 7) is 3.28. The lowest BCUT2D eigenvalue weighted by Gasteiger charge is -2.06. The molecule has 5 nitrogen and oxygen atoms in total. The van der Waals surface area contributed by atoms with Crippen molar-refractivity contribution >= 4 is 5.82 Å². The summed E-state index contributed by atoms with van der Waals surface area (Å²) in [4.78, 5) is 11.7. The second kappa shape index (κ2) is 4.86. The van der Waals surface area contributed by atoms with Crippen molar-refractivity contribution < 1.29 is 0 Å². The second-order valence-electron chi connectivity index (χ2n) is 4.05. The number of nitrogens with two attached hydrogens (primary N) is 1. The number of rotatable bonds is 4. The zero-order valence-corrected chi connectivity index (χ0v) is 9.84. The molecule has 2 rings (SSSR count).